The van der Waals surface area contributed by atoms with Crippen molar-refractivity contribution in [2.24, 2.45) is 5.73 Å². The van der Waals surface area contributed by atoms with Crippen LogP contribution >= 0.6 is 0 Å². The molecule has 20 heavy (non-hydrogen) atoms. The van der Waals surface area contributed by atoms with Crippen molar-refractivity contribution in [3.05, 3.63) is 35.9 Å². The molecule has 1 amide bonds. The fraction of sp³-hybridized carbons (Fsp3) is 0.588. The molecule has 1 aromatic rings. The highest BCUT2D eigenvalue weighted by Crippen LogP contribution is 2.12. The molecular weight excluding hydrogens is 248 g/mol. The summed E-state index contributed by atoms with van der Waals surface area (Å²) < 4.78 is 0. The molecule has 3 N–H and O–H groups in total. The van der Waals surface area contributed by atoms with Crippen LogP contribution in [0.25, 0.3) is 0 Å². The molecule has 2 atom stereocenters. The van der Waals surface area contributed by atoms with Gasteiger partial charge < -0.3 is 11.1 Å². The number of nitrogens with one attached hydrogen (secondary N) is 1. The summed E-state index contributed by atoms with van der Waals surface area (Å²) in [4.78, 5) is 12.3. The van der Waals surface area contributed by atoms with Crippen molar-refractivity contribution in [2.75, 3.05) is 0 Å². The van der Waals surface area contributed by atoms with E-state index in [2.05, 4.69) is 24.4 Å². The number of amides is 1. The summed E-state index contributed by atoms with van der Waals surface area (Å²) in [6, 6.07) is 10.4. The Kier molecular flexibility index (Phi) is 6.73. The van der Waals surface area contributed by atoms with Gasteiger partial charge in [-0.1, -0.05) is 57.0 Å². The van der Waals surface area contributed by atoms with Crippen LogP contribution < -0.4 is 11.1 Å². The molecule has 0 heterocycles. The third kappa shape index (κ3) is 5.33. The van der Waals surface area contributed by atoms with E-state index in [0.29, 0.717) is 6.42 Å². The number of benzene rings is 1. The molecule has 0 saturated heterocycles. The Morgan fingerprint density at radius 3 is 2.45 bits per heavy atom. The lowest BCUT2D eigenvalue weighted by molar-refractivity contribution is -0.126. The van der Waals surface area contributed by atoms with Crippen LogP contribution in [0.1, 0.15) is 52.0 Å². The van der Waals surface area contributed by atoms with Gasteiger partial charge in [-0.25, -0.2) is 0 Å². The van der Waals surface area contributed by atoms with E-state index in [1.54, 1.807) is 0 Å². The molecule has 112 valence electrons. The number of carbonyl (C=O) groups is 1. The van der Waals surface area contributed by atoms with Crippen LogP contribution in [-0.2, 0) is 11.2 Å². The summed E-state index contributed by atoms with van der Waals surface area (Å²) in [5.74, 6) is -0.0336. The predicted molar refractivity (Wildman–Crippen MR) is 84.5 cm³/mol. The number of rotatable bonds is 8. The maximum Gasteiger partial charge on any atom is 0.240 e. The zero-order valence-corrected chi connectivity index (χ0v) is 13.0. The van der Waals surface area contributed by atoms with Crippen molar-refractivity contribution in [1.82, 2.24) is 5.32 Å². The second-order valence-electron chi connectivity index (χ2n) is 5.82. The third-order valence-corrected chi connectivity index (χ3v) is 3.59. The average Bonchev–Trinajstić information content (AvgIpc) is 2.40. The van der Waals surface area contributed by atoms with Crippen LogP contribution in [0.5, 0.6) is 0 Å². The normalized spacial score (nSPS) is 15.4. The largest absolute Gasteiger partial charge is 0.351 e. The van der Waals surface area contributed by atoms with Crippen LogP contribution in [0, 0.1) is 0 Å². The van der Waals surface area contributed by atoms with Crippen LogP contribution in [0.2, 0.25) is 0 Å². The number of hydrogen-bond acceptors (Lipinski definition) is 2. The lowest BCUT2D eigenvalue weighted by atomic mass is 9.94. The van der Waals surface area contributed by atoms with Gasteiger partial charge in [-0.05, 0) is 31.7 Å². The van der Waals surface area contributed by atoms with Crippen molar-refractivity contribution in [2.45, 2.75) is 64.5 Å². The first kappa shape index (κ1) is 16.7. The summed E-state index contributed by atoms with van der Waals surface area (Å²) in [5.41, 5.74) is 6.58. The summed E-state index contributed by atoms with van der Waals surface area (Å²) >= 11 is 0. The molecule has 0 aliphatic rings. The van der Waals surface area contributed by atoms with E-state index in [1.165, 1.54) is 5.56 Å². The third-order valence-electron chi connectivity index (χ3n) is 3.59. The second-order valence-corrected chi connectivity index (χ2v) is 5.82. The molecule has 3 heteroatoms. The molecule has 0 spiro atoms. The standard InChI is InChI=1S/C17H28N2O/c1-4-9-15(13-14-10-7-6-8-11-14)19-16(20)17(3,18)12-5-2/h6-8,10-11,15H,4-5,9,12-13,18H2,1-3H3,(H,19,20). The van der Waals surface area contributed by atoms with E-state index in [0.717, 1.165) is 25.7 Å². The second kappa shape index (κ2) is 8.05. The number of carbonyl (C=O) groups excluding carboxylic acids is 1. The van der Waals surface area contributed by atoms with E-state index in [9.17, 15) is 4.79 Å². The zero-order chi connectivity index (χ0) is 15.0. The SMILES string of the molecule is CCCC(Cc1ccccc1)NC(=O)C(C)(N)CCC. The van der Waals surface area contributed by atoms with Gasteiger partial charge in [0.05, 0.1) is 5.54 Å². The van der Waals surface area contributed by atoms with Crippen molar-refractivity contribution in [1.29, 1.82) is 0 Å². The van der Waals surface area contributed by atoms with Crippen LogP contribution in [0.4, 0.5) is 0 Å². The summed E-state index contributed by atoms with van der Waals surface area (Å²) in [6.45, 7) is 6.00. The Bertz CT molecular complexity index is 401. The molecule has 1 aromatic carbocycles. The Morgan fingerprint density at radius 2 is 1.90 bits per heavy atom. The highest BCUT2D eigenvalue weighted by molar-refractivity contribution is 5.85. The van der Waals surface area contributed by atoms with E-state index >= 15 is 0 Å². The minimum Gasteiger partial charge on any atom is -0.351 e. The molecule has 1 rings (SSSR count). The Morgan fingerprint density at radius 1 is 1.25 bits per heavy atom. The van der Waals surface area contributed by atoms with Gasteiger partial charge in [-0.15, -0.1) is 0 Å². The van der Waals surface area contributed by atoms with Gasteiger partial charge in [0.25, 0.3) is 0 Å². The smallest absolute Gasteiger partial charge is 0.240 e. The van der Waals surface area contributed by atoms with E-state index in [4.69, 9.17) is 5.73 Å². The summed E-state index contributed by atoms with van der Waals surface area (Å²) in [5, 5.41) is 3.13. The Hall–Kier alpha value is -1.35. The monoisotopic (exact) mass is 276 g/mol. The lowest BCUT2D eigenvalue weighted by Gasteiger charge is -2.27. The Balaban J connectivity index is 2.65. The topological polar surface area (TPSA) is 55.1 Å². The molecular formula is C17H28N2O. The maximum atomic E-state index is 12.3. The van der Waals surface area contributed by atoms with Gasteiger partial charge in [-0.2, -0.15) is 0 Å². The molecule has 0 aliphatic carbocycles. The number of hydrogen-bond donors (Lipinski definition) is 2. The first-order valence-corrected chi connectivity index (χ1v) is 7.63. The quantitative estimate of drug-likeness (QED) is 0.767. The van der Waals surface area contributed by atoms with E-state index in [1.807, 2.05) is 32.0 Å². The van der Waals surface area contributed by atoms with Crippen LogP contribution in [-0.4, -0.2) is 17.5 Å². The highest BCUT2D eigenvalue weighted by Gasteiger charge is 2.28. The zero-order valence-electron chi connectivity index (χ0n) is 13.0. The minimum absolute atomic E-state index is 0.0336. The van der Waals surface area contributed by atoms with Gasteiger partial charge >= 0.3 is 0 Å². The number of nitrogens with two attached hydrogens (primary N) is 1. The minimum atomic E-state index is -0.766. The van der Waals surface area contributed by atoms with Crippen molar-refractivity contribution >= 4 is 5.91 Å². The van der Waals surface area contributed by atoms with Gasteiger partial charge in [0.2, 0.25) is 5.91 Å². The van der Waals surface area contributed by atoms with E-state index < -0.39 is 5.54 Å². The van der Waals surface area contributed by atoms with Crippen LogP contribution in [0.15, 0.2) is 30.3 Å². The summed E-state index contributed by atoms with van der Waals surface area (Å²) in [7, 11) is 0. The average molecular weight is 276 g/mol. The van der Waals surface area contributed by atoms with Gasteiger partial charge in [0.15, 0.2) is 0 Å². The van der Waals surface area contributed by atoms with Gasteiger partial charge in [-0.3, -0.25) is 4.79 Å². The fourth-order valence-corrected chi connectivity index (χ4v) is 2.46. The fourth-order valence-electron chi connectivity index (χ4n) is 2.46. The first-order chi connectivity index (χ1) is 9.49. The first-order valence-electron chi connectivity index (χ1n) is 7.63. The Labute approximate surface area is 122 Å². The lowest BCUT2D eigenvalue weighted by Crippen LogP contribution is -2.54. The predicted octanol–water partition coefficient (Wildman–Crippen LogP) is 3.03. The van der Waals surface area contributed by atoms with Crippen molar-refractivity contribution in [3.63, 3.8) is 0 Å². The molecule has 0 aromatic heterocycles. The highest BCUT2D eigenvalue weighted by atomic mass is 16.2. The molecule has 2 unspecified atom stereocenters. The van der Waals surface area contributed by atoms with E-state index in [-0.39, 0.29) is 11.9 Å². The molecule has 0 saturated carbocycles. The van der Waals surface area contributed by atoms with Crippen LogP contribution in [0.3, 0.4) is 0 Å². The molecule has 0 bridgehead atoms. The molecule has 0 aliphatic heterocycles. The maximum absolute atomic E-state index is 12.3. The van der Waals surface area contributed by atoms with Crippen molar-refractivity contribution in [3.8, 4) is 0 Å². The van der Waals surface area contributed by atoms with Gasteiger partial charge in [0, 0.05) is 6.04 Å². The van der Waals surface area contributed by atoms with Crippen molar-refractivity contribution < 1.29 is 4.79 Å². The molecule has 0 radical (unpaired) electrons. The summed E-state index contributed by atoms with van der Waals surface area (Å²) in [6.07, 6.45) is 4.51. The van der Waals surface area contributed by atoms with Gasteiger partial charge in [0.1, 0.15) is 0 Å². The molecule has 0 fully saturated rings. The molecule has 3 nitrogen and oxygen atoms in total.